The molecule has 0 bridgehead atoms. The average molecular weight is 258 g/mol. The summed E-state index contributed by atoms with van der Waals surface area (Å²) in [7, 11) is 0. The number of rotatable bonds is 3. The van der Waals surface area contributed by atoms with Gasteiger partial charge in [0.15, 0.2) is 0 Å². The highest BCUT2D eigenvalue weighted by Crippen LogP contribution is 2.46. The fraction of sp³-hybridized carbons (Fsp3) is 0.667. The monoisotopic (exact) mass is 258 g/mol. The third-order valence-electron chi connectivity index (χ3n) is 5.41. The molecule has 2 aliphatic rings. The Kier molecular flexibility index (Phi) is 3.66. The van der Waals surface area contributed by atoms with Crippen molar-refractivity contribution in [1.29, 1.82) is 0 Å². The molecule has 0 aromatic heterocycles. The standard InChI is InChI=1S/C18H26O/c1-2-14-7-6-12-18(19,13-14)17-11-4-3-10-16(17)15-8-5-9-15/h3-4,10-11,14-15,19H,2,5-9,12-13H2,1H3. The molecule has 3 rings (SSSR count). The summed E-state index contributed by atoms with van der Waals surface area (Å²) in [6.45, 7) is 2.26. The van der Waals surface area contributed by atoms with Crippen molar-refractivity contribution in [2.24, 2.45) is 5.92 Å². The summed E-state index contributed by atoms with van der Waals surface area (Å²) in [6.07, 6.45) is 9.57. The molecular weight excluding hydrogens is 232 g/mol. The third-order valence-corrected chi connectivity index (χ3v) is 5.41. The van der Waals surface area contributed by atoms with Gasteiger partial charge in [0.2, 0.25) is 0 Å². The van der Waals surface area contributed by atoms with Crippen molar-refractivity contribution < 1.29 is 5.11 Å². The van der Waals surface area contributed by atoms with E-state index in [2.05, 4.69) is 31.2 Å². The van der Waals surface area contributed by atoms with Crippen molar-refractivity contribution in [2.45, 2.75) is 69.8 Å². The number of aliphatic hydroxyl groups is 1. The molecule has 0 aliphatic heterocycles. The Morgan fingerprint density at radius 1 is 1.16 bits per heavy atom. The summed E-state index contributed by atoms with van der Waals surface area (Å²) in [5.74, 6) is 1.41. The highest BCUT2D eigenvalue weighted by Gasteiger charge is 2.38. The van der Waals surface area contributed by atoms with Crippen LogP contribution in [-0.2, 0) is 5.60 Å². The first-order valence-electron chi connectivity index (χ1n) is 8.05. The zero-order valence-corrected chi connectivity index (χ0v) is 12.1. The van der Waals surface area contributed by atoms with E-state index in [0.717, 1.165) is 12.8 Å². The Bertz CT molecular complexity index is 435. The van der Waals surface area contributed by atoms with Gasteiger partial charge in [0.25, 0.3) is 0 Å². The van der Waals surface area contributed by atoms with E-state index in [9.17, 15) is 5.11 Å². The second kappa shape index (κ2) is 5.28. The van der Waals surface area contributed by atoms with Gasteiger partial charge in [-0.15, -0.1) is 0 Å². The van der Waals surface area contributed by atoms with Gasteiger partial charge in [-0.1, -0.05) is 50.5 Å². The Morgan fingerprint density at radius 2 is 1.95 bits per heavy atom. The topological polar surface area (TPSA) is 20.2 Å². The maximum atomic E-state index is 11.2. The minimum Gasteiger partial charge on any atom is -0.385 e. The van der Waals surface area contributed by atoms with Gasteiger partial charge in [0, 0.05) is 0 Å². The van der Waals surface area contributed by atoms with Gasteiger partial charge in [0.1, 0.15) is 0 Å². The summed E-state index contributed by atoms with van der Waals surface area (Å²) in [4.78, 5) is 0. The fourth-order valence-corrected chi connectivity index (χ4v) is 3.95. The molecule has 0 amide bonds. The third kappa shape index (κ3) is 2.45. The Labute approximate surface area is 117 Å². The molecule has 1 aromatic carbocycles. The molecule has 2 aliphatic carbocycles. The van der Waals surface area contributed by atoms with Crippen LogP contribution < -0.4 is 0 Å². The van der Waals surface area contributed by atoms with Gasteiger partial charge in [-0.25, -0.2) is 0 Å². The Morgan fingerprint density at radius 3 is 2.63 bits per heavy atom. The van der Waals surface area contributed by atoms with Gasteiger partial charge in [-0.3, -0.25) is 0 Å². The molecule has 1 heteroatoms. The minimum absolute atomic E-state index is 0.550. The Balaban J connectivity index is 1.91. The van der Waals surface area contributed by atoms with E-state index in [1.54, 1.807) is 0 Å². The molecule has 0 heterocycles. The first-order valence-corrected chi connectivity index (χ1v) is 8.05. The molecule has 2 unspecified atom stereocenters. The lowest BCUT2D eigenvalue weighted by molar-refractivity contribution is -0.0229. The lowest BCUT2D eigenvalue weighted by Gasteiger charge is -2.40. The second-order valence-electron chi connectivity index (χ2n) is 6.62. The quantitative estimate of drug-likeness (QED) is 0.830. The average Bonchev–Trinajstić information content (AvgIpc) is 2.37. The summed E-state index contributed by atoms with van der Waals surface area (Å²) >= 11 is 0. The van der Waals surface area contributed by atoms with Crippen molar-refractivity contribution in [3.63, 3.8) is 0 Å². The zero-order chi connectivity index (χ0) is 13.3. The molecule has 1 N–H and O–H groups in total. The van der Waals surface area contributed by atoms with Crippen LogP contribution >= 0.6 is 0 Å². The molecule has 19 heavy (non-hydrogen) atoms. The molecule has 0 spiro atoms. The second-order valence-corrected chi connectivity index (χ2v) is 6.62. The smallest absolute Gasteiger partial charge is 0.0902 e. The van der Waals surface area contributed by atoms with Crippen LogP contribution in [0.3, 0.4) is 0 Å². The van der Waals surface area contributed by atoms with Crippen molar-refractivity contribution in [2.75, 3.05) is 0 Å². The van der Waals surface area contributed by atoms with Crippen LogP contribution in [0.25, 0.3) is 0 Å². The van der Waals surface area contributed by atoms with E-state index in [0.29, 0.717) is 11.8 Å². The molecule has 0 radical (unpaired) electrons. The van der Waals surface area contributed by atoms with Crippen molar-refractivity contribution in [1.82, 2.24) is 0 Å². The molecule has 104 valence electrons. The first-order chi connectivity index (χ1) is 9.23. The highest BCUT2D eigenvalue weighted by atomic mass is 16.3. The van der Waals surface area contributed by atoms with E-state index in [1.165, 1.54) is 49.7 Å². The molecule has 0 saturated heterocycles. The van der Waals surface area contributed by atoms with Crippen molar-refractivity contribution >= 4 is 0 Å². The number of benzene rings is 1. The number of hydrogen-bond acceptors (Lipinski definition) is 1. The number of hydrogen-bond donors (Lipinski definition) is 1. The van der Waals surface area contributed by atoms with E-state index in [-0.39, 0.29) is 0 Å². The zero-order valence-electron chi connectivity index (χ0n) is 12.1. The van der Waals surface area contributed by atoms with Crippen molar-refractivity contribution in [3.8, 4) is 0 Å². The van der Waals surface area contributed by atoms with Gasteiger partial charge >= 0.3 is 0 Å². The van der Waals surface area contributed by atoms with Crippen LogP contribution in [0.5, 0.6) is 0 Å². The maximum Gasteiger partial charge on any atom is 0.0902 e. The molecule has 2 saturated carbocycles. The van der Waals surface area contributed by atoms with Gasteiger partial charge < -0.3 is 5.11 Å². The van der Waals surface area contributed by atoms with Crippen LogP contribution in [0.15, 0.2) is 24.3 Å². The summed E-state index contributed by atoms with van der Waals surface area (Å²) in [6, 6.07) is 8.68. The maximum absolute atomic E-state index is 11.2. The van der Waals surface area contributed by atoms with E-state index in [4.69, 9.17) is 0 Å². The van der Waals surface area contributed by atoms with E-state index < -0.39 is 5.60 Å². The van der Waals surface area contributed by atoms with Crippen LogP contribution in [0, 0.1) is 5.92 Å². The summed E-state index contributed by atoms with van der Waals surface area (Å²) < 4.78 is 0. The minimum atomic E-state index is -0.550. The van der Waals surface area contributed by atoms with Gasteiger partial charge in [-0.2, -0.15) is 0 Å². The first kappa shape index (κ1) is 13.2. The largest absolute Gasteiger partial charge is 0.385 e. The molecular formula is C18H26O. The van der Waals surface area contributed by atoms with Gasteiger partial charge in [0.05, 0.1) is 5.60 Å². The highest BCUT2D eigenvalue weighted by molar-refractivity contribution is 5.36. The fourth-order valence-electron chi connectivity index (χ4n) is 3.95. The summed E-state index contributed by atoms with van der Waals surface area (Å²) in [5.41, 5.74) is 2.14. The van der Waals surface area contributed by atoms with E-state index in [1.807, 2.05) is 0 Å². The van der Waals surface area contributed by atoms with Crippen LogP contribution in [0.2, 0.25) is 0 Å². The normalized spacial score (nSPS) is 32.0. The van der Waals surface area contributed by atoms with Gasteiger partial charge in [-0.05, 0) is 55.1 Å². The molecule has 1 aromatic rings. The van der Waals surface area contributed by atoms with Crippen LogP contribution in [0.1, 0.15) is 75.3 Å². The summed E-state index contributed by atoms with van der Waals surface area (Å²) in [5, 5.41) is 11.2. The van der Waals surface area contributed by atoms with Crippen molar-refractivity contribution in [3.05, 3.63) is 35.4 Å². The predicted octanol–water partition coefficient (Wildman–Crippen LogP) is 4.74. The van der Waals surface area contributed by atoms with Crippen LogP contribution in [0.4, 0.5) is 0 Å². The van der Waals surface area contributed by atoms with E-state index >= 15 is 0 Å². The lowest BCUT2D eigenvalue weighted by Crippen LogP contribution is -2.34. The lowest BCUT2D eigenvalue weighted by atomic mass is 9.69. The predicted molar refractivity (Wildman–Crippen MR) is 79.2 cm³/mol. The molecule has 2 atom stereocenters. The molecule has 1 nitrogen and oxygen atoms in total. The SMILES string of the molecule is CCC1CCCC(O)(c2ccccc2C2CCC2)C1. The Hall–Kier alpha value is -0.820. The van der Waals surface area contributed by atoms with Crippen LogP contribution in [-0.4, -0.2) is 5.11 Å². The molecule has 2 fully saturated rings.